The molecule has 2 N–H and O–H groups in total. The molecule has 1 aliphatic carbocycles. The molecule has 19 heavy (non-hydrogen) atoms. The topological polar surface area (TPSA) is 33.3 Å². The predicted octanol–water partition coefficient (Wildman–Crippen LogP) is 2.20. The quantitative estimate of drug-likeness (QED) is 0.705. The van der Waals surface area contributed by atoms with Gasteiger partial charge in [0.1, 0.15) is 5.75 Å². The molecular weight excluding hydrogens is 236 g/mol. The predicted molar refractivity (Wildman–Crippen MR) is 80.1 cm³/mol. The van der Waals surface area contributed by atoms with Crippen molar-refractivity contribution in [3.63, 3.8) is 0 Å². The van der Waals surface area contributed by atoms with Crippen LogP contribution in [0.3, 0.4) is 0 Å². The van der Waals surface area contributed by atoms with Crippen molar-refractivity contribution in [2.75, 3.05) is 26.7 Å². The van der Waals surface area contributed by atoms with Gasteiger partial charge in [0, 0.05) is 19.1 Å². The summed E-state index contributed by atoms with van der Waals surface area (Å²) in [5.74, 6) is 1.01. The standard InChI is InChI=1S/C16H26N2O/c1-12-10-14(16(19-3)11-13(12)2)6-7-17-8-9-18-15-4-5-15/h10-11,15,17-18H,4-9H2,1-3H3. The summed E-state index contributed by atoms with van der Waals surface area (Å²) >= 11 is 0. The second kappa shape index (κ2) is 6.92. The van der Waals surface area contributed by atoms with E-state index in [4.69, 9.17) is 4.74 Å². The van der Waals surface area contributed by atoms with Crippen LogP contribution < -0.4 is 15.4 Å². The van der Waals surface area contributed by atoms with Gasteiger partial charge in [0.25, 0.3) is 0 Å². The highest BCUT2D eigenvalue weighted by Crippen LogP contribution is 2.23. The van der Waals surface area contributed by atoms with E-state index in [1.54, 1.807) is 7.11 Å². The van der Waals surface area contributed by atoms with E-state index in [9.17, 15) is 0 Å². The third-order valence-corrected chi connectivity index (χ3v) is 3.78. The van der Waals surface area contributed by atoms with Crippen LogP contribution >= 0.6 is 0 Å². The van der Waals surface area contributed by atoms with E-state index in [0.29, 0.717) is 0 Å². The van der Waals surface area contributed by atoms with Gasteiger partial charge in [0.2, 0.25) is 0 Å². The molecule has 0 unspecified atom stereocenters. The average molecular weight is 262 g/mol. The Bertz CT molecular complexity index is 413. The van der Waals surface area contributed by atoms with Crippen LogP contribution in [-0.2, 0) is 6.42 Å². The van der Waals surface area contributed by atoms with Crippen molar-refractivity contribution in [3.05, 3.63) is 28.8 Å². The van der Waals surface area contributed by atoms with E-state index >= 15 is 0 Å². The lowest BCUT2D eigenvalue weighted by Crippen LogP contribution is -2.29. The smallest absolute Gasteiger partial charge is 0.122 e. The molecule has 0 heterocycles. The Morgan fingerprint density at radius 3 is 2.53 bits per heavy atom. The minimum atomic E-state index is 0.807. The maximum absolute atomic E-state index is 5.46. The normalized spacial score (nSPS) is 14.7. The molecule has 0 amide bonds. The Labute approximate surface area is 116 Å². The number of hydrogen-bond acceptors (Lipinski definition) is 3. The second-order valence-electron chi connectivity index (χ2n) is 5.48. The lowest BCUT2D eigenvalue weighted by Gasteiger charge is -2.12. The Morgan fingerprint density at radius 2 is 1.84 bits per heavy atom. The molecule has 0 aliphatic heterocycles. The lowest BCUT2D eigenvalue weighted by molar-refractivity contribution is 0.408. The highest BCUT2D eigenvalue weighted by atomic mass is 16.5. The molecule has 106 valence electrons. The first-order chi connectivity index (χ1) is 9.20. The largest absolute Gasteiger partial charge is 0.496 e. The number of aryl methyl sites for hydroxylation is 2. The van der Waals surface area contributed by atoms with Crippen LogP contribution in [0, 0.1) is 13.8 Å². The van der Waals surface area contributed by atoms with Crippen LogP contribution in [0.1, 0.15) is 29.5 Å². The molecule has 0 radical (unpaired) electrons. The maximum Gasteiger partial charge on any atom is 0.122 e. The van der Waals surface area contributed by atoms with E-state index in [1.807, 2.05) is 0 Å². The molecule has 0 saturated heterocycles. The van der Waals surface area contributed by atoms with Crippen LogP contribution in [-0.4, -0.2) is 32.8 Å². The first kappa shape index (κ1) is 14.4. The van der Waals surface area contributed by atoms with Gasteiger partial charge in [-0.05, 0) is 62.4 Å². The van der Waals surface area contributed by atoms with Crippen molar-refractivity contribution in [2.45, 2.75) is 39.2 Å². The number of methoxy groups -OCH3 is 1. The third-order valence-electron chi connectivity index (χ3n) is 3.78. The lowest BCUT2D eigenvalue weighted by atomic mass is 10.0. The average Bonchev–Trinajstić information content (AvgIpc) is 3.21. The zero-order chi connectivity index (χ0) is 13.7. The van der Waals surface area contributed by atoms with Crippen LogP contribution in [0.5, 0.6) is 5.75 Å². The third kappa shape index (κ3) is 4.51. The van der Waals surface area contributed by atoms with Crippen molar-refractivity contribution >= 4 is 0 Å². The number of ether oxygens (including phenoxy) is 1. The highest BCUT2D eigenvalue weighted by Gasteiger charge is 2.19. The number of benzene rings is 1. The van der Waals surface area contributed by atoms with E-state index in [1.165, 1.54) is 29.5 Å². The van der Waals surface area contributed by atoms with E-state index < -0.39 is 0 Å². The van der Waals surface area contributed by atoms with Crippen molar-refractivity contribution in [2.24, 2.45) is 0 Å². The molecule has 1 aromatic rings. The summed E-state index contributed by atoms with van der Waals surface area (Å²) in [5, 5.41) is 6.99. The van der Waals surface area contributed by atoms with Gasteiger partial charge in [-0.1, -0.05) is 6.07 Å². The second-order valence-corrected chi connectivity index (χ2v) is 5.48. The molecule has 0 aromatic heterocycles. The first-order valence-corrected chi connectivity index (χ1v) is 7.29. The van der Waals surface area contributed by atoms with Gasteiger partial charge in [-0.2, -0.15) is 0 Å². The van der Waals surface area contributed by atoms with Gasteiger partial charge in [0.15, 0.2) is 0 Å². The zero-order valence-corrected chi connectivity index (χ0v) is 12.4. The summed E-state index contributed by atoms with van der Waals surface area (Å²) in [5.41, 5.74) is 3.93. The molecule has 1 aromatic carbocycles. The minimum Gasteiger partial charge on any atom is -0.496 e. The zero-order valence-electron chi connectivity index (χ0n) is 12.4. The van der Waals surface area contributed by atoms with E-state index in [2.05, 4.69) is 36.6 Å². The Morgan fingerprint density at radius 1 is 1.11 bits per heavy atom. The van der Waals surface area contributed by atoms with Gasteiger partial charge in [-0.3, -0.25) is 0 Å². The fourth-order valence-corrected chi connectivity index (χ4v) is 2.24. The summed E-state index contributed by atoms with van der Waals surface area (Å²) in [6.45, 7) is 7.41. The number of nitrogens with one attached hydrogen (secondary N) is 2. The molecule has 2 rings (SSSR count). The molecular formula is C16H26N2O. The van der Waals surface area contributed by atoms with Gasteiger partial charge < -0.3 is 15.4 Å². The van der Waals surface area contributed by atoms with Crippen LogP contribution in [0.2, 0.25) is 0 Å². The van der Waals surface area contributed by atoms with Crippen LogP contribution in [0.25, 0.3) is 0 Å². The first-order valence-electron chi connectivity index (χ1n) is 7.29. The van der Waals surface area contributed by atoms with Gasteiger partial charge in [-0.15, -0.1) is 0 Å². The molecule has 3 heteroatoms. The van der Waals surface area contributed by atoms with Crippen LogP contribution in [0.15, 0.2) is 12.1 Å². The Hall–Kier alpha value is -1.06. The fraction of sp³-hybridized carbons (Fsp3) is 0.625. The summed E-state index contributed by atoms with van der Waals surface area (Å²) in [4.78, 5) is 0. The highest BCUT2D eigenvalue weighted by molar-refractivity contribution is 5.41. The molecule has 0 atom stereocenters. The van der Waals surface area contributed by atoms with Gasteiger partial charge >= 0.3 is 0 Å². The monoisotopic (exact) mass is 262 g/mol. The molecule has 0 bridgehead atoms. The summed E-state index contributed by atoms with van der Waals surface area (Å²) < 4.78 is 5.46. The summed E-state index contributed by atoms with van der Waals surface area (Å²) in [6, 6.07) is 5.19. The Balaban J connectivity index is 1.73. The molecule has 1 fully saturated rings. The Kier molecular flexibility index (Phi) is 5.23. The van der Waals surface area contributed by atoms with Gasteiger partial charge in [-0.25, -0.2) is 0 Å². The van der Waals surface area contributed by atoms with E-state index in [0.717, 1.165) is 37.8 Å². The van der Waals surface area contributed by atoms with Crippen molar-refractivity contribution in [1.29, 1.82) is 0 Å². The van der Waals surface area contributed by atoms with Crippen molar-refractivity contribution in [3.8, 4) is 5.75 Å². The number of rotatable bonds is 8. The van der Waals surface area contributed by atoms with Crippen LogP contribution in [0.4, 0.5) is 0 Å². The number of hydrogen-bond donors (Lipinski definition) is 2. The SMILES string of the molecule is COc1cc(C)c(C)cc1CCNCCNC1CC1. The fourth-order valence-electron chi connectivity index (χ4n) is 2.24. The van der Waals surface area contributed by atoms with Crippen molar-refractivity contribution < 1.29 is 4.74 Å². The maximum atomic E-state index is 5.46. The summed E-state index contributed by atoms with van der Waals surface area (Å²) in [6.07, 6.45) is 3.74. The minimum absolute atomic E-state index is 0.807. The molecule has 1 saturated carbocycles. The molecule has 1 aliphatic rings. The van der Waals surface area contributed by atoms with E-state index in [-0.39, 0.29) is 0 Å². The molecule has 3 nitrogen and oxygen atoms in total. The summed E-state index contributed by atoms with van der Waals surface area (Å²) in [7, 11) is 1.75. The molecule has 0 spiro atoms. The van der Waals surface area contributed by atoms with Crippen molar-refractivity contribution in [1.82, 2.24) is 10.6 Å². The van der Waals surface area contributed by atoms with Gasteiger partial charge in [0.05, 0.1) is 7.11 Å².